The Morgan fingerprint density at radius 2 is 1.76 bits per heavy atom. The first-order valence-corrected chi connectivity index (χ1v) is 7.86. The molecule has 1 saturated carbocycles. The van der Waals surface area contributed by atoms with Gasteiger partial charge in [-0.15, -0.1) is 12.4 Å². The van der Waals surface area contributed by atoms with Crippen LogP contribution in [0.2, 0.25) is 10.0 Å². The van der Waals surface area contributed by atoms with Crippen molar-refractivity contribution in [2.45, 2.75) is 31.2 Å². The van der Waals surface area contributed by atoms with E-state index in [1.807, 2.05) is 12.1 Å². The summed E-state index contributed by atoms with van der Waals surface area (Å²) in [6, 6.07) is 5.87. The lowest BCUT2D eigenvalue weighted by molar-refractivity contribution is -0.123. The van der Waals surface area contributed by atoms with Crippen LogP contribution in [-0.4, -0.2) is 25.0 Å². The summed E-state index contributed by atoms with van der Waals surface area (Å²) in [4.78, 5) is 12.2. The van der Waals surface area contributed by atoms with Crippen LogP contribution in [0.3, 0.4) is 0 Å². The average Bonchev–Trinajstić information content (AvgIpc) is 3.19. The lowest BCUT2D eigenvalue weighted by Crippen LogP contribution is -2.43. The summed E-state index contributed by atoms with van der Waals surface area (Å²) in [6.07, 6.45) is 2.94. The lowest BCUT2D eigenvalue weighted by Gasteiger charge is -2.23. The zero-order valence-corrected chi connectivity index (χ0v) is 13.9. The Balaban J connectivity index is 0.00000161. The molecule has 2 fully saturated rings. The number of carbonyl (C=O) groups excluding carboxylic acids is 1. The number of nitrogens with one attached hydrogen (secondary N) is 2. The third-order valence-corrected chi connectivity index (χ3v) is 4.56. The van der Waals surface area contributed by atoms with Gasteiger partial charge in [-0.1, -0.05) is 23.2 Å². The first-order chi connectivity index (χ1) is 9.63. The predicted octanol–water partition coefficient (Wildman–Crippen LogP) is 3.39. The predicted molar refractivity (Wildman–Crippen MR) is 88.6 cm³/mol. The molecule has 0 bridgehead atoms. The molecule has 1 heterocycles. The number of carbonyl (C=O) groups is 1. The number of rotatable bonds is 3. The highest BCUT2D eigenvalue weighted by Gasteiger charge is 2.44. The molecule has 116 valence electrons. The van der Waals surface area contributed by atoms with Gasteiger partial charge in [0.1, 0.15) is 0 Å². The van der Waals surface area contributed by atoms with Gasteiger partial charge in [-0.25, -0.2) is 0 Å². The van der Waals surface area contributed by atoms with Gasteiger partial charge in [0, 0.05) is 22.0 Å². The highest BCUT2D eigenvalue weighted by molar-refractivity contribution is 6.34. The topological polar surface area (TPSA) is 41.1 Å². The van der Waals surface area contributed by atoms with Gasteiger partial charge in [-0.2, -0.15) is 0 Å². The quantitative estimate of drug-likeness (QED) is 0.878. The van der Waals surface area contributed by atoms with Crippen LogP contribution in [-0.2, 0) is 4.79 Å². The smallest absolute Gasteiger partial charge is 0.223 e. The van der Waals surface area contributed by atoms with Crippen molar-refractivity contribution in [3.8, 4) is 0 Å². The lowest BCUT2D eigenvalue weighted by atomic mass is 10.1. The molecule has 3 nitrogen and oxygen atoms in total. The number of halogens is 3. The van der Waals surface area contributed by atoms with Crippen LogP contribution >= 0.6 is 35.6 Å². The van der Waals surface area contributed by atoms with Crippen LogP contribution in [0.15, 0.2) is 18.2 Å². The molecule has 2 N–H and O–H groups in total. The van der Waals surface area contributed by atoms with Crippen LogP contribution in [0.4, 0.5) is 0 Å². The second kappa shape index (κ2) is 7.19. The van der Waals surface area contributed by atoms with Gasteiger partial charge < -0.3 is 10.6 Å². The van der Waals surface area contributed by atoms with Gasteiger partial charge in [-0.3, -0.25) is 4.79 Å². The van der Waals surface area contributed by atoms with E-state index in [0.29, 0.717) is 16.1 Å². The molecule has 1 aliphatic heterocycles. The van der Waals surface area contributed by atoms with E-state index < -0.39 is 0 Å². The van der Waals surface area contributed by atoms with Crippen molar-refractivity contribution in [2.75, 3.05) is 13.1 Å². The maximum absolute atomic E-state index is 12.2. The second-order valence-electron chi connectivity index (χ2n) is 5.68. The third kappa shape index (κ3) is 4.26. The fourth-order valence-corrected chi connectivity index (χ4v) is 3.46. The van der Waals surface area contributed by atoms with Crippen molar-refractivity contribution in [2.24, 2.45) is 5.92 Å². The first-order valence-electron chi connectivity index (χ1n) is 7.10. The van der Waals surface area contributed by atoms with Gasteiger partial charge >= 0.3 is 0 Å². The van der Waals surface area contributed by atoms with E-state index in [2.05, 4.69) is 10.6 Å². The van der Waals surface area contributed by atoms with Crippen molar-refractivity contribution in [3.63, 3.8) is 0 Å². The van der Waals surface area contributed by atoms with Crippen molar-refractivity contribution in [1.29, 1.82) is 0 Å². The van der Waals surface area contributed by atoms with E-state index in [9.17, 15) is 4.79 Å². The Morgan fingerprint density at radius 3 is 2.38 bits per heavy atom. The van der Waals surface area contributed by atoms with Gasteiger partial charge in [0.2, 0.25) is 5.91 Å². The fraction of sp³-hybridized carbons (Fsp3) is 0.533. The molecule has 1 aliphatic carbocycles. The van der Waals surface area contributed by atoms with Crippen molar-refractivity contribution >= 4 is 41.5 Å². The molecule has 2 atom stereocenters. The molecule has 2 unspecified atom stereocenters. The first kappa shape index (κ1) is 16.9. The zero-order valence-electron chi connectivity index (χ0n) is 11.6. The van der Waals surface area contributed by atoms with Gasteiger partial charge in [0.05, 0.1) is 0 Å². The standard InChI is InChI=1S/C15H18Cl2N2O.ClH/c16-10-5-9(6-11(17)7-10)13-8-14(13)15(20)19-12-1-3-18-4-2-12;/h5-7,12-14,18H,1-4,8H2,(H,19,20);1H. The Hall–Kier alpha value is -0.480. The minimum atomic E-state index is 0. The summed E-state index contributed by atoms with van der Waals surface area (Å²) in [6.45, 7) is 1.98. The van der Waals surface area contributed by atoms with Crippen molar-refractivity contribution in [1.82, 2.24) is 10.6 Å². The third-order valence-electron chi connectivity index (χ3n) is 4.13. The molecule has 1 aromatic rings. The maximum Gasteiger partial charge on any atom is 0.223 e. The van der Waals surface area contributed by atoms with Crippen molar-refractivity contribution in [3.05, 3.63) is 33.8 Å². The summed E-state index contributed by atoms with van der Waals surface area (Å²) >= 11 is 12.0. The highest BCUT2D eigenvalue weighted by atomic mass is 35.5. The zero-order chi connectivity index (χ0) is 14.1. The molecule has 21 heavy (non-hydrogen) atoms. The molecular weight excluding hydrogens is 331 g/mol. The van der Waals surface area contributed by atoms with E-state index in [4.69, 9.17) is 23.2 Å². The van der Waals surface area contributed by atoms with E-state index in [1.165, 1.54) is 0 Å². The SMILES string of the molecule is Cl.O=C(NC1CCNCC1)C1CC1c1cc(Cl)cc(Cl)c1. The van der Waals surface area contributed by atoms with Gasteiger partial charge in [-0.05, 0) is 62.0 Å². The van der Waals surface area contributed by atoms with E-state index in [1.54, 1.807) is 6.07 Å². The Morgan fingerprint density at radius 1 is 1.14 bits per heavy atom. The van der Waals surface area contributed by atoms with Crippen LogP contribution in [0.1, 0.15) is 30.7 Å². The molecule has 3 rings (SSSR count). The fourth-order valence-electron chi connectivity index (χ4n) is 2.92. The monoisotopic (exact) mass is 348 g/mol. The molecule has 0 spiro atoms. The maximum atomic E-state index is 12.2. The number of hydrogen-bond donors (Lipinski definition) is 2. The van der Waals surface area contributed by atoms with E-state index in [-0.39, 0.29) is 30.2 Å². The summed E-state index contributed by atoms with van der Waals surface area (Å²) < 4.78 is 0. The normalized spacial score (nSPS) is 25.0. The Kier molecular flexibility index (Phi) is 5.78. The molecular formula is C15H19Cl3N2O. The van der Waals surface area contributed by atoms with E-state index in [0.717, 1.165) is 37.9 Å². The minimum absolute atomic E-state index is 0. The minimum Gasteiger partial charge on any atom is -0.353 e. The Bertz CT molecular complexity index is 497. The highest BCUT2D eigenvalue weighted by Crippen LogP contribution is 2.48. The van der Waals surface area contributed by atoms with Crippen LogP contribution in [0.25, 0.3) is 0 Å². The molecule has 2 aliphatic rings. The summed E-state index contributed by atoms with van der Waals surface area (Å²) in [5, 5.41) is 7.74. The Labute approximate surface area is 141 Å². The van der Waals surface area contributed by atoms with Gasteiger partial charge in [0.25, 0.3) is 0 Å². The summed E-state index contributed by atoms with van der Waals surface area (Å²) in [5.41, 5.74) is 1.08. The van der Waals surface area contributed by atoms with Crippen LogP contribution in [0.5, 0.6) is 0 Å². The summed E-state index contributed by atoms with van der Waals surface area (Å²) in [7, 11) is 0. The molecule has 6 heteroatoms. The number of amides is 1. The molecule has 0 aromatic heterocycles. The summed E-state index contributed by atoms with van der Waals surface area (Å²) in [5.74, 6) is 0.533. The average molecular weight is 350 g/mol. The molecule has 1 saturated heterocycles. The largest absolute Gasteiger partial charge is 0.353 e. The van der Waals surface area contributed by atoms with Crippen LogP contribution < -0.4 is 10.6 Å². The molecule has 0 radical (unpaired) electrons. The second-order valence-corrected chi connectivity index (χ2v) is 6.56. The number of hydrogen-bond acceptors (Lipinski definition) is 2. The molecule has 1 aromatic carbocycles. The van der Waals surface area contributed by atoms with E-state index >= 15 is 0 Å². The molecule has 1 amide bonds. The van der Waals surface area contributed by atoms with Gasteiger partial charge in [0.15, 0.2) is 0 Å². The number of benzene rings is 1. The van der Waals surface area contributed by atoms with Crippen molar-refractivity contribution < 1.29 is 4.79 Å². The number of piperidine rings is 1. The van der Waals surface area contributed by atoms with Crippen LogP contribution in [0, 0.1) is 5.92 Å².